The Morgan fingerprint density at radius 1 is 0.884 bits per heavy atom. The fourth-order valence-corrected chi connectivity index (χ4v) is 6.44. The monoisotopic (exact) mass is 584 g/mol. The molecule has 2 amide bonds. The van der Waals surface area contributed by atoms with Crippen LogP contribution in [0.5, 0.6) is 0 Å². The number of amides is 2. The minimum absolute atomic E-state index is 0.0710. The van der Waals surface area contributed by atoms with E-state index in [4.69, 9.17) is 8.83 Å². The minimum Gasteiger partial charge on any atom is -0.464 e. The molecule has 0 spiro atoms. The van der Waals surface area contributed by atoms with Crippen molar-refractivity contribution in [3.8, 4) is 11.6 Å². The number of hydrogen-bond donors (Lipinski definition) is 1. The Kier molecular flexibility index (Phi) is 8.72. The average molecular weight is 585 g/mol. The molecule has 0 saturated heterocycles. The predicted octanol–water partition coefficient (Wildman–Crippen LogP) is 6.41. The standard InChI is InChI=1S/C33H40N6O4/c1-22-13-19-28(42-22)31(33(41)34-26-11-7-4-8-12-26)39(27-17-15-25(16-18-27)24-9-5-3-6-10-24)30(40)21-38-36-32(35-37-38)29-20-14-23(2)43-29/h13-20,24,26,31H,3-12,21H2,1-2H3,(H,34,41). The largest absolute Gasteiger partial charge is 0.464 e. The number of carbonyl (C=O) groups excluding carboxylic acids is 2. The predicted molar refractivity (Wildman–Crippen MR) is 161 cm³/mol. The fraction of sp³-hybridized carbons (Fsp3) is 0.485. The van der Waals surface area contributed by atoms with E-state index in [9.17, 15) is 9.59 Å². The van der Waals surface area contributed by atoms with Gasteiger partial charge in [-0.2, -0.15) is 4.80 Å². The van der Waals surface area contributed by atoms with Crippen molar-refractivity contribution < 1.29 is 18.4 Å². The summed E-state index contributed by atoms with van der Waals surface area (Å²) in [5.41, 5.74) is 1.88. The van der Waals surface area contributed by atoms with E-state index in [1.54, 1.807) is 12.1 Å². The van der Waals surface area contributed by atoms with Gasteiger partial charge in [0.05, 0.1) is 0 Å². The minimum atomic E-state index is -1.00. The molecular formula is C33H40N6O4. The highest BCUT2D eigenvalue weighted by Crippen LogP contribution is 2.35. The third-order valence-corrected chi connectivity index (χ3v) is 8.70. The third kappa shape index (κ3) is 6.73. The number of nitrogens with zero attached hydrogens (tertiary/aromatic N) is 5. The Bertz CT molecular complexity index is 1520. The van der Waals surface area contributed by atoms with Crippen molar-refractivity contribution in [2.24, 2.45) is 0 Å². The number of furan rings is 2. The van der Waals surface area contributed by atoms with Crippen LogP contribution in [-0.4, -0.2) is 38.1 Å². The van der Waals surface area contributed by atoms with Crippen molar-refractivity contribution >= 4 is 17.5 Å². The smallest absolute Gasteiger partial charge is 0.251 e. The topological polar surface area (TPSA) is 119 Å². The molecule has 3 heterocycles. The van der Waals surface area contributed by atoms with Crippen LogP contribution < -0.4 is 10.2 Å². The van der Waals surface area contributed by atoms with Crippen molar-refractivity contribution in [1.29, 1.82) is 0 Å². The molecule has 0 bridgehead atoms. The SMILES string of the molecule is Cc1ccc(-c2nnn(CC(=O)N(c3ccc(C4CCCCC4)cc3)C(C(=O)NC3CCCCC3)c3ccc(C)o3)n2)o1. The van der Waals surface area contributed by atoms with Crippen LogP contribution in [0.1, 0.15) is 99.0 Å². The van der Waals surface area contributed by atoms with E-state index in [1.165, 1.54) is 53.8 Å². The molecule has 6 rings (SSSR count). The maximum atomic E-state index is 14.2. The quantitative estimate of drug-likeness (QED) is 0.241. The zero-order valence-electron chi connectivity index (χ0n) is 25.0. The van der Waals surface area contributed by atoms with Crippen LogP contribution in [-0.2, 0) is 16.1 Å². The Labute approximate surface area is 251 Å². The average Bonchev–Trinajstić information content (AvgIpc) is 3.78. The summed E-state index contributed by atoms with van der Waals surface area (Å²) >= 11 is 0. The second kappa shape index (κ2) is 13.0. The van der Waals surface area contributed by atoms with E-state index in [1.807, 2.05) is 38.1 Å². The highest BCUT2D eigenvalue weighted by atomic mass is 16.3. The van der Waals surface area contributed by atoms with Gasteiger partial charge in [-0.25, -0.2) is 0 Å². The van der Waals surface area contributed by atoms with E-state index in [0.717, 1.165) is 31.4 Å². The van der Waals surface area contributed by atoms with Crippen LogP contribution in [0.2, 0.25) is 0 Å². The number of aromatic nitrogens is 4. The molecule has 2 aliphatic rings. The van der Waals surface area contributed by atoms with Gasteiger partial charge in [-0.1, -0.05) is 50.7 Å². The fourth-order valence-electron chi connectivity index (χ4n) is 6.44. The number of benzene rings is 1. The Morgan fingerprint density at radius 2 is 1.56 bits per heavy atom. The van der Waals surface area contributed by atoms with E-state index >= 15 is 0 Å². The maximum absolute atomic E-state index is 14.2. The summed E-state index contributed by atoms with van der Waals surface area (Å²) < 4.78 is 11.7. The summed E-state index contributed by atoms with van der Waals surface area (Å²) in [6, 6.07) is 14.4. The van der Waals surface area contributed by atoms with Crippen LogP contribution in [0.25, 0.3) is 11.6 Å². The molecule has 2 fully saturated rings. The van der Waals surface area contributed by atoms with Gasteiger partial charge in [0.25, 0.3) is 11.8 Å². The molecule has 10 heteroatoms. The molecule has 2 aliphatic carbocycles. The van der Waals surface area contributed by atoms with Crippen molar-refractivity contribution in [1.82, 2.24) is 25.5 Å². The Hall–Kier alpha value is -4.21. The molecule has 1 atom stereocenters. The summed E-state index contributed by atoms with van der Waals surface area (Å²) in [6.45, 7) is 3.45. The van der Waals surface area contributed by atoms with Crippen molar-refractivity contribution in [2.75, 3.05) is 4.90 Å². The highest BCUT2D eigenvalue weighted by molar-refractivity contribution is 6.01. The van der Waals surface area contributed by atoms with Gasteiger partial charge in [0.15, 0.2) is 11.8 Å². The van der Waals surface area contributed by atoms with Crippen LogP contribution >= 0.6 is 0 Å². The summed E-state index contributed by atoms with van der Waals surface area (Å²) in [5.74, 6) is 2.47. The van der Waals surface area contributed by atoms with Gasteiger partial charge in [0, 0.05) is 11.7 Å². The third-order valence-electron chi connectivity index (χ3n) is 8.70. The number of aryl methyl sites for hydroxylation is 2. The van der Waals surface area contributed by atoms with E-state index in [-0.39, 0.29) is 30.2 Å². The molecule has 1 unspecified atom stereocenters. The summed E-state index contributed by atoms with van der Waals surface area (Å²) in [6.07, 6.45) is 11.3. The summed E-state index contributed by atoms with van der Waals surface area (Å²) in [7, 11) is 0. The van der Waals surface area contributed by atoms with Crippen LogP contribution in [0.3, 0.4) is 0 Å². The number of rotatable bonds is 9. The van der Waals surface area contributed by atoms with Crippen LogP contribution in [0.15, 0.2) is 57.4 Å². The highest BCUT2D eigenvalue weighted by Gasteiger charge is 2.37. The zero-order valence-corrected chi connectivity index (χ0v) is 25.0. The maximum Gasteiger partial charge on any atom is 0.251 e. The first-order valence-electron chi connectivity index (χ1n) is 15.6. The zero-order chi connectivity index (χ0) is 29.8. The van der Waals surface area contributed by atoms with E-state index < -0.39 is 6.04 Å². The first-order chi connectivity index (χ1) is 20.9. The van der Waals surface area contributed by atoms with Crippen LogP contribution in [0.4, 0.5) is 5.69 Å². The lowest BCUT2D eigenvalue weighted by atomic mass is 9.84. The number of hydrogen-bond acceptors (Lipinski definition) is 7. The Balaban J connectivity index is 1.33. The van der Waals surface area contributed by atoms with Crippen molar-refractivity contribution in [2.45, 2.75) is 103 Å². The molecule has 1 aromatic carbocycles. The Morgan fingerprint density at radius 3 is 2.21 bits per heavy atom. The number of anilines is 1. The summed E-state index contributed by atoms with van der Waals surface area (Å²) in [5, 5.41) is 15.8. The molecule has 10 nitrogen and oxygen atoms in total. The number of tetrazole rings is 1. The van der Waals surface area contributed by atoms with E-state index in [0.29, 0.717) is 28.9 Å². The molecule has 1 N–H and O–H groups in total. The molecule has 226 valence electrons. The molecule has 4 aromatic rings. The molecular weight excluding hydrogens is 544 g/mol. The number of nitrogens with one attached hydrogen (secondary N) is 1. The molecule has 3 aromatic heterocycles. The molecule has 2 saturated carbocycles. The lowest BCUT2D eigenvalue weighted by molar-refractivity contribution is -0.128. The first-order valence-corrected chi connectivity index (χ1v) is 15.6. The van der Waals surface area contributed by atoms with Gasteiger partial charge < -0.3 is 14.2 Å². The molecule has 0 radical (unpaired) electrons. The second-order valence-corrected chi connectivity index (χ2v) is 11.9. The molecule has 0 aliphatic heterocycles. The van der Waals surface area contributed by atoms with Gasteiger partial charge >= 0.3 is 0 Å². The second-order valence-electron chi connectivity index (χ2n) is 11.9. The van der Waals surface area contributed by atoms with Crippen LogP contribution in [0, 0.1) is 13.8 Å². The number of carbonyl (C=O) groups is 2. The van der Waals surface area contributed by atoms with Gasteiger partial charge in [0.1, 0.15) is 23.8 Å². The van der Waals surface area contributed by atoms with Gasteiger partial charge in [0.2, 0.25) is 5.82 Å². The molecule has 43 heavy (non-hydrogen) atoms. The van der Waals surface area contributed by atoms with Gasteiger partial charge in [-0.3, -0.25) is 14.5 Å². The van der Waals surface area contributed by atoms with Crippen molar-refractivity contribution in [3.05, 3.63) is 71.4 Å². The first kappa shape index (κ1) is 28.9. The normalized spacial score (nSPS) is 17.1. The van der Waals surface area contributed by atoms with E-state index in [2.05, 4.69) is 32.9 Å². The van der Waals surface area contributed by atoms with Crippen molar-refractivity contribution in [3.63, 3.8) is 0 Å². The van der Waals surface area contributed by atoms with Gasteiger partial charge in [-0.05, 0) is 92.6 Å². The lowest BCUT2D eigenvalue weighted by Gasteiger charge is -2.32. The lowest BCUT2D eigenvalue weighted by Crippen LogP contribution is -2.48. The summed E-state index contributed by atoms with van der Waals surface area (Å²) in [4.78, 5) is 31.1. The van der Waals surface area contributed by atoms with Gasteiger partial charge in [-0.15, -0.1) is 10.2 Å².